The average Bonchev–Trinajstić information content (AvgIpc) is 3.22. The van der Waals surface area contributed by atoms with Crippen LogP contribution in [0.4, 0.5) is 10.1 Å². The quantitative estimate of drug-likeness (QED) is 0.455. The van der Waals surface area contributed by atoms with Crippen LogP contribution in [-0.2, 0) is 16.1 Å². The van der Waals surface area contributed by atoms with Crippen molar-refractivity contribution >= 4 is 28.6 Å². The summed E-state index contributed by atoms with van der Waals surface area (Å²) in [7, 11) is 0. The Bertz CT molecular complexity index is 1290. The highest BCUT2D eigenvalue weighted by Crippen LogP contribution is 2.26. The number of aromatic nitrogens is 3. The van der Waals surface area contributed by atoms with E-state index in [2.05, 4.69) is 15.4 Å². The Hall–Kier alpha value is -4.07. The van der Waals surface area contributed by atoms with Gasteiger partial charge >= 0.3 is 5.97 Å². The lowest BCUT2D eigenvalue weighted by Crippen LogP contribution is -2.30. The minimum atomic E-state index is -1.10. The predicted molar refractivity (Wildman–Crippen MR) is 119 cm³/mol. The molecule has 4 aromatic rings. The maximum absolute atomic E-state index is 13.4. The number of carbonyl (C=O) groups is 2. The lowest BCUT2D eigenvalue weighted by Gasteiger charge is -2.14. The first-order chi connectivity index (χ1) is 15.5. The molecule has 2 aromatic carbocycles. The highest BCUT2D eigenvalue weighted by atomic mass is 19.1. The number of hydrogen-bond acceptors (Lipinski definition) is 5. The van der Waals surface area contributed by atoms with Crippen LogP contribution in [0.3, 0.4) is 0 Å². The van der Waals surface area contributed by atoms with E-state index >= 15 is 0 Å². The normalized spacial score (nSPS) is 11.8. The van der Waals surface area contributed by atoms with E-state index in [0.29, 0.717) is 23.3 Å². The molecule has 0 saturated carbocycles. The number of ether oxygens (including phenoxy) is 1. The Morgan fingerprint density at radius 3 is 2.62 bits per heavy atom. The van der Waals surface area contributed by atoms with Crippen molar-refractivity contribution in [2.75, 3.05) is 5.32 Å². The Morgan fingerprint density at radius 2 is 1.91 bits per heavy atom. The van der Waals surface area contributed by atoms with Gasteiger partial charge in [-0.25, -0.2) is 18.9 Å². The van der Waals surface area contributed by atoms with Crippen molar-refractivity contribution in [1.82, 2.24) is 14.8 Å². The summed E-state index contributed by atoms with van der Waals surface area (Å²) in [5, 5.41) is 7.38. The monoisotopic (exact) mass is 432 g/mol. The molecule has 0 radical (unpaired) electrons. The van der Waals surface area contributed by atoms with Gasteiger partial charge in [0.25, 0.3) is 5.91 Å². The third-order valence-corrected chi connectivity index (χ3v) is 4.94. The summed E-state index contributed by atoms with van der Waals surface area (Å²) in [6.45, 7) is 3.97. The number of nitrogens with zero attached hydrogens (tertiary/aromatic N) is 3. The molecule has 1 atom stereocenters. The van der Waals surface area contributed by atoms with E-state index in [4.69, 9.17) is 4.74 Å². The van der Waals surface area contributed by atoms with Crippen molar-refractivity contribution in [2.45, 2.75) is 26.5 Å². The summed E-state index contributed by atoms with van der Waals surface area (Å²) in [6.07, 6.45) is 0.463. The highest BCUT2D eigenvalue weighted by molar-refractivity contribution is 6.05. The third kappa shape index (κ3) is 4.34. The molecule has 32 heavy (non-hydrogen) atoms. The Kier molecular flexibility index (Phi) is 5.93. The van der Waals surface area contributed by atoms with Crippen LogP contribution in [0.1, 0.15) is 24.2 Å². The summed E-state index contributed by atoms with van der Waals surface area (Å²) in [4.78, 5) is 30.2. The third-order valence-electron chi connectivity index (χ3n) is 4.94. The number of esters is 1. The van der Waals surface area contributed by atoms with Gasteiger partial charge in [-0.1, -0.05) is 36.4 Å². The van der Waals surface area contributed by atoms with Crippen LogP contribution >= 0.6 is 0 Å². The van der Waals surface area contributed by atoms with E-state index in [1.165, 1.54) is 25.1 Å². The van der Waals surface area contributed by atoms with E-state index in [1.807, 2.05) is 37.3 Å². The minimum Gasteiger partial charge on any atom is -0.449 e. The van der Waals surface area contributed by atoms with Crippen molar-refractivity contribution in [2.24, 2.45) is 0 Å². The number of halogens is 1. The zero-order valence-electron chi connectivity index (χ0n) is 17.6. The first-order valence-electron chi connectivity index (χ1n) is 10.2. The van der Waals surface area contributed by atoms with Crippen LogP contribution in [-0.4, -0.2) is 32.7 Å². The maximum Gasteiger partial charge on any atom is 0.339 e. The minimum absolute atomic E-state index is 0.263. The molecule has 0 spiro atoms. The molecule has 2 aromatic heterocycles. The lowest BCUT2D eigenvalue weighted by molar-refractivity contribution is -0.123. The fraction of sp³-hybridized carbons (Fsp3) is 0.167. The number of benzene rings is 2. The van der Waals surface area contributed by atoms with E-state index in [-0.39, 0.29) is 11.3 Å². The van der Waals surface area contributed by atoms with Gasteiger partial charge in [-0.3, -0.25) is 4.79 Å². The summed E-state index contributed by atoms with van der Waals surface area (Å²) < 4.78 is 20.5. The molecule has 2 heterocycles. The van der Waals surface area contributed by atoms with Gasteiger partial charge < -0.3 is 10.1 Å². The number of aryl methyl sites for hydroxylation is 1. The molecule has 1 N–H and O–H groups in total. The molecule has 1 unspecified atom stereocenters. The number of carbonyl (C=O) groups excluding carboxylic acids is 2. The second-order valence-electron chi connectivity index (χ2n) is 7.17. The van der Waals surface area contributed by atoms with Crippen LogP contribution in [0.25, 0.3) is 22.3 Å². The van der Waals surface area contributed by atoms with Gasteiger partial charge in [-0.15, -0.1) is 0 Å². The second kappa shape index (κ2) is 8.97. The van der Waals surface area contributed by atoms with Crippen molar-refractivity contribution < 1.29 is 18.7 Å². The summed E-state index contributed by atoms with van der Waals surface area (Å²) in [5.41, 5.74) is 2.53. The van der Waals surface area contributed by atoms with Gasteiger partial charge in [0.2, 0.25) is 0 Å². The van der Waals surface area contributed by atoms with E-state index in [1.54, 1.807) is 23.0 Å². The molecule has 0 saturated heterocycles. The van der Waals surface area contributed by atoms with Crippen molar-refractivity contribution in [3.63, 3.8) is 0 Å². The fourth-order valence-electron chi connectivity index (χ4n) is 3.29. The zero-order valence-corrected chi connectivity index (χ0v) is 17.6. The van der Waals surface area contributed by atoms with Crippen LogP contribution in [0.15, 0.2) is 66.9 Å². The van der Waals surface area contributed by atoms with E-state index < -0.39 is 23.8 Å². The van der Waals surface area contributed by atoms with Gasteiger partial charge in [0.15, 0.2) is 11.8 Å². The summed E-state index contributed by atoms with van der Waals surface area (Å²) in [5.74, 6) is -1.72. The summed E-state index contributed by atoms with van der Waals surface area (Å²) >= 11 is 0. The van der Waals surface area contributed by atoms with Gasteiger partial charge in [0.1, 0.15) is 5.82 Å². The van der Waals surface area contributed by atoms with Gasteiger partial charge in [0.05, 0.1) is 22.8 Å². The number of rotatable bonds is 6. The average molecular weight is 432 g/mol. The zero-order chi connectivity index (χ0) is 22.7. The molecule has 7 nitrogen and oxygen atoms in total. The number of hydrogen-bond donors (Lipinski definition) is 1. The molecule has 8 heteroatoms. The Morgan fingerprint density at radius 1 is 1.12 bits per heavy atom. The van der Waals surface area contributed by atoms with Gasteiger partial charge in [0, 0.05) is 17.8 Å². The van der Waals surface area contributed by atoms with Crippen LogP contribution in [0, 0.1) is 5.82 Å². The smallest absolute Gasteiger partial charge is 0.339 e. The van der Waals surface area contributed by atoms with E-state index in [9.17, 15) is 14.0 Å². The lowest BCUT2D eigenvalue weighted by atomic mass is 10.1. The largest absolute Gasteiger partial charge is 0.449 e. The number of pyridine rings is 1. The standard InChI is InChI=1S/C24H21FN4O3/c1-3-29-22-20(14-26-29)19(13-21(28-22)16-8-5-4-6-9-16)24(31)32-15(2)23(30)27-18-11-7-10-17(25)12-18/h4-15H,3H2,1-2H3,(H,27,30). The molecule has 0 fully saturated rings. The fourth-order valence-corrected chi connectivity index (χ4v) is 3.29. The molecule has 0 aliphatic rings. The SMILES string of the molecule is CCn1ncc2c(C(=O)OC(C)C(=O)Nc3cccc(F)c3)cc(-c3ccccc3)nc21. The van der Waals surface area contributed by atoms with Crippen LogP contribution in [0.2, 0.25) is 0 Å². The number of anilines is 1. The van der Waals surface area contributed by atoms with Gasteiger partial charge in [-0.05, 0) is 38.1 Å². The topological polar surface area (TPSA) is 86.1 Å². The number of fused-ring (bicyclic) bond motifs is 1. The predicted octanol–water partition coefficient (Wildman–Crippen LogP) is 4.44. The van der Waals surface area contributed by atoms with Crippen molar-refractivity contribution in [3.05, 3.63) is 78.2 Å². The number of amides is 1. The Labute approximate surface area is 183 Å². The Balaban J connectivity index is 1.62. The molecular weight excluding hydrogens is 411 g/mol. The van der Waals surface area contributed by atoms with Crippen molar-refractivity contribution in [1.29, 1.82) is 0 Å². The van der Waals surface area contributed by atoms with Crippen LogP contribution < -0.4 is 5.32 Å². The first kappa shape index (κ1) is 21.2. The molecule has 162 valence electrons. The molecule has 0 aliphatic heterocycles. The van der Waals surface area contributed by atoms with Gasteiger partial charge in [-0.2, -0.15) is 5.10 Å². The summed E-state index contributed by atoms with van der Waals surface area (Å²) in [6, 6.07) is 16.6. The molecule has 0 bridgehead atoms. The van der Waals surface area contributed by atoms with Crippen LogP contribution in [0.5, 0.6) is 0 Å². The highest BCUT2D eigenvalue weighted by Gasteiger charge is 2.23. The molecule has 1 amide bonds. The molecular formula is C24H21FN4O3. The maximum atomic E-state index is 13.4. The van der Waals surface area contributed by atoms with E-state index in [0.717, 1.165) is 5.56 Å². The molecule has 0 aliphatic carbocycles. The van der Waals surface area contributed by atoms with Crippen molar-refractivity contribution in [3.8, 4) is 11.3 Å². The number of nitrogens with one attached hydrogen (secondary N) is 1. The second-order valence-corrected chi connectivity index (χ2v) is 7.17. The first-order valence-corrected chi connectivity index (χ1v) is 10.2. The molecule has 4 rings (SSSR count).